The quantitative estimate of drug-likeness (QED) is 0.560. The summed E-state index contributed by atoms with van der Waals surface area (Å²) >= 11 is -0.583. The Labute approximate surface area is 59.2 Å². The number of nitrogens with one attached hydrogen (secondary N) is 1. The summed E-state index contributed by atoms with van der Waals surface area (Å²) in [4.78, 5) is 0. The van der Waals surface area contributed by atoms with Crippen molar-refractivity contribution in [2.45, 2.75) is 10.5 Å². The van der Waals surface area contributed by atoms with Crippen LogP contribution in [0.4, 0.5) is 17.6 Å². The van der Waals surface area contributed by atoms with Gasteiger partial charge in [-0.2, -0.15) is 17.6 Å². The van der Waals surface area contributed by atoms with E-state index in [4.69, 9.17) is 0 Å². The molecule has 0 aromatic heterocycles. The van der Waals surface area contributed by atoms with Gasteiger partial charge in [0.15, 0.2) is 0 Å². The van der Waals surface area contributed by atoms with Gasteiger partial charge in [-0.25, -0.2) is 0 Å². The van der Waals surface area contributed by atoms with E-state index >= 15 is 0 Å². The van der Waals surface area contributed by atoms with Crippen LogP contribution in [0, 0.1) is 0 Å². The van der Waals surface area contributed by atoms with Crippen molar-refractivity contribution >= 4 is 11.8 Å². The first-order chi connectivity index (χ1) is 4.41. The van der Waals surface area contributed by atoms with Gasteiger partial charge in [-0.1, -0.05) is 0 Å². The predicted octanol–water partition coefficient (Wildman–Crippen LogP) is 1.51. The van der Waals surface area contributed by atoms with Crippen LogP contribution in [-0.4, -0.2) is 23.6 Å². The van der Waals surface area contributed by atoms with Gasteiger partial charge in [0.05, 0.1) is 13.1 Å². The third-order valence-corrected chi connectivity index (χ3v) is 1.85. The third-order valence-electron chi connectivity index (χ3n) is 0.960. The second kappa shape index (κ2) is 2.27. The molecule has 1 heterocycles. The van der Waals surface area contributed by atoms with Crippen LogP contribution in [-0.2, 0) is 0 Å². The first-order valence-electron chi connectivity index (χ1n) is 2.58. The van der Waals surface area contributed by atoms with Crippen LogP contribution < -0.4 is 5.32 Å². The molecule has 1 saturated heterocycles. The van der Waals surface area contributed by atoms with Gasteiger partial charge in [0.25, 0.3) is 0 Å². The van der Waals surface area contributed by atoms with Crippen molar-refractivity contribution < 1.29 is 17.6 Å². The van der Waals surface area contributed by atoms with Gasteiger partial charge < -0.3 is 5.32 Å². The summed E-state index contributed by atoms with van der Waals surface area (Å²) in [5.74, 6) is 0. The molecule has 0 saturated carbocycles. The summed E-state index contributed by atoms with van der Waals surface area (Å²) in [5, 5.41) is -4.72. The van der Waals surface area contributed by atoms with Crippen molar-refractivity contribution in [3.05, 3.63) is 0 Å². The average Bonchev–Trinajstić information content (AvgIpc) is 1.56. The fourth-order valence-corrected chi connectivity index (χ4v) is 1.43. The topological polar surface area (TPSA) is 12.0 Å². The number of rotatable bonds is 0. The Morgan fingerprint density at radius 2 is 1.40 bits per heavy atom. The Morgan fingerprint density at radius 1 is 1.00 bits per heavy atom. The molecule has 60 valence electrons. The number of thioether (sulfide) groups is 1. The fraction of sp³-hybridized carbons (Fsp3) is 1.00. The Balaban J connectivity index is 2.56. The molecule has 0 aromatic rings. The molecule has 1 N–H and O–H groups in total. The zero-order valence-corrected chi connectivity index (χ0v) is 5.65. The first-order valence-corrected chi connectivity index (χ1v) is 3.39. The highest BCUT2D eigenvalue weighted by atomic mass is 32.2. The van der Waals surface area contributed by atoms with Gasteiger partial charge >= 0.3 is 10.5 Å². The average molecular weight is 175 g/mol. The van der Waals surface area contributed by atoms with Crippen molar-refractivity contribution in [2.24, 2.45) is 0 Å². The minimum atomic E-state index is -3.33. The minimum Gasteiger partial charge on any atom is -0.304 e. The number of halogens is 4. The summed E-state index contributed by atoms with van der Waals surface area (Å²) in [6.45, 7) is -1.35. The highest BCUT2D eigenvalue weighted by Gasteiger charge is 2.47. The summed E-state index contributed by atoms with van der Waals surface area (Å²) in [6, 6.07) is 0. The van der Waals surface area contributed by atoms with Gasteiger partial charge in [-0.05, 0) is 11.8 Å². The highest BCUT2D eigenvalue weighted by molar-refractivity contribution is 8.01. The molecule has 0 atom stereocenters. The lowest BCUT2D eigenvalue weighted by atomic mass is 10.6. The molecule has 0 aliphatic carbocycles. The van der Waals surface area contributed by atoms with Crippen LogP contribution >= 0.6 is 11.8 Å². The molecule has 1 rings (SSSR count). The number of hydrogen-bond donors (Lipinski definition) is 1. The van der Waals surface area contributed by atoms with Gasteiger partial charge in [-0.15, -0.1) is 0 Å². The van der Waals surface area contributed by atoms with Gasteiger partial charge in [0, 0.05) is 0 Å². The first kappa shape index (κ1) is 8.13. The van der Waals surface area contributed by atoms with Crippen molar-refractivity contribution in [3.63, 3.8) is 0 Å². The van der Waals surface area contributed by atoms with Crippen LogP contribution in [0.3, 0.4) is 0 Å². The van der Waals surface area contributed by atoms with E-state index in [0.717, 1.165) is 0 Å². The van der Waals surface area contributed by atoms with Crippen molar-refractivity contribution in [3.8, 4) is 0 Å². The summed E-state index contributed by atoms with van der Waals surface area (Å²) < 4.78 is 48.5. The lowest BCUT2D eigenvalue weighted by Gasteiger charge is -2.28. The number of alkyl halides is 4. The lowest BCUT2D eigenvalue weighted by molar-refractivity contribution is 0.0389. The molecule has 0 bridgehead atoms. The zero-order valence-electron chi connectivity index (χ0n) is 4.83. The van der Waals surface area contributed by atoms with E-state index in [-0.39, 0.29) is 0 Å². The van der Waals surface area contributed by atoms with Crippen LogP contribution in [0.5, 0.6) is 0 Å². The van der Waals surface area contributed by atoms with Crippen molar-refractivity contribution in [1.29, 1.82) is 0 Å². The summed E-state index contributed by atoms with van der Waals surface area (Å²) in [5.41, 5.74) is 0. The highest BCUT2D eigenvalue weighted by Crippen LogP contribution is 2.43. The largest absolute Gasteiger partial charge is 0.311 e. The van der Waals surface area contributed by atoms with Crippen molar-refractivity contribution in [2.75, 3.05) is 13.1 Å². The predicted molar refractivity (Wildman–Crippen MR) is 30.4 cm³/mol. The van der Waals surface area contributed by atoms with Crippen LogP contribution in [0.1, 0.15) is 0 Å². The monoisotopic (exact) mass is 175 g/mol. The van der Waals surface area contributed by atoms with E-state index in [1.165, 1.54) is 0 Å². The second-order valence-corrected chi connectivity index (χ2v) is 3.38. The van der Waals surface area contributed by atoms with E-state index in [2.05, 4.69) is 0 Å². The van der Waals surface area contributed by atoms with Crippen LogP contribution in [0.15, 0.2) is 0 Å². The lowest BCUT2D eigenvalue weighted by Crippen LogP contribution is -2.45. The van der Waals surface area contributed by atoms with E-state index in [1.54, 1.807) is 0 Å². The Kier molecular flexibility index (Phi) is 1.84. The molecule has 0 radical (unpaired) electrons. The second-order valence-electron chi connectivity index (χ2n) is 1.98. The third kappa shape index (κ3) is 2.02. The van der Waals surface area contributed by atoms with E-state index < -0.39 is 35.4 Å². The molecule has 0 unspecified atom stereocenters. The molecule has 0 amide bonds. The Bertz CT molecular complexity index is 123. The molecule has 1 aliphatic heterocycles. The van der Waals surface area contributed by atoms with E-state index in [0.29, 0.717) is 0 Å². The SMILES string of the molecule is FC1(F)CNCC(F)(F)S1. The molecule has 1 fully saturated rings. The summed E-state index contributed by atoms with van der Waals surface area (Å²) in [7, 11) is 0. The maximum absolute atomic E-state index is 12.1. The summed E-state index contributed by atoms with van der Waals surface area (Å²) in [6.07, 6.45) is 0. The smallest absolute Gasteiger partial charge is 0.304 e. The van der Waals surface area contributed by atoms with E-state index in [1.807, 2.05) is 5.32 Å². The molecular weight excluding hydrogens is 170 g/mol. The molecule has 10 heavy (non-hydrogen) atoms. The maximum atomic E-state index is 12.1. The van der Waals surface area contributed by atoms with E-state index in [9.17, 15) is 17.6 Å². The molecule has 0 aromatic carbocycles. The van der Waals surface area contributed by atoms with Crippen molar-refractivity contribution in [1.82, 2.24) is 5.32 Å². The minimum absolute atomic E-state index is 0.583. The fourth-order valence-electron chi connectivity index (χ4n) is 0.644. The van der Waals surface area contributed by atoms with Crippen LogP contribution in [0.2, 0.25) is 0 Å². The molecular formula is C4H5F4NS. The molecule has 6 heteroatoms. The van der Waals surface area contributed by atoms with Gasteiger partial charge in [0.1, 0.15) is 0 Å². The zero-order chi connectivity index (χ0) is 7.83. The van der Waals surface area contributed by atoms with Gasteiger partial charge in [0.2, 0.25) is 0 Å². The normalized spacial score (nSPS) is 30.0. The standard InChI is InChI=1S/C4H5F4NS/c5-3(6)1-9-2-4(7,8)10-3/h9H,1-2H2. The number of hydrogen-bond acceptors (Lipinski definition) is 2. The molecule has 1 nitrogen and oxygen atoms in total. The molecule has 0 spiro atoms. The molecule has 1 aliphatic rings. The van der Waals surface area contributed by atoms with Crippen LogP contribution in [0.25, 0.3) is 0 Å². The van der Waals surface area contributed by atoms with Gasteiger partial charge in [-0.3, -0.25) is 0 Å². The Morgan fingerprint density at radius 3 is 1.60 bits per heavy atom. The maximum Gasteiger partial charge on any atom is 0.311 e. The Hall–Kier alpha value is 0.0300.